The second kappa shape index (κ2) is 4.55. The van der Waals surface area contributed by atoms with E-state index in [0.717, 1.165) is 6.54 Å². The van der Waals surface area contributed by atoms with Gasteiger partial charge in [0.2, 0.25) is 0 Å². The van der Waals surface area contributed by atoms with Gasteiger partial charge in [-0.25, -0.2) is 0 Å². The van der Waals surface area contributed by atoms with Crippen LogP contribution in [0.1, 0.15) is 10.4 Å². The molecule has 78 valence electrons. The Bertz CT molecular complexity index is 448. The highest BCUT2D eigenvalue weighted by Crippen LogP contribution is 2.25. The van der Waals surface area contributed by atoms with Gasteiger partial charge in [-0.15, -0.1) is 11.3 Å². The molecule has 15 heavy (non-hydrogen) atoms. The molecule has 2 aromatic heterocycles. The fraction of sp³-hybridized carbons (Fsp3) is 0.250. The quantitative estimate of drug-likeness (QED) is 0.857. The van der Waals surface area contributed by atoms with Crippen LogP contribution in [-0.4, -0.2) is 12.0 Å². The number of nitrogens with zero attached hydrogens (tertiary/aromatic N) is 1. The highest BCUT2D eigenvalue weighted by Gasteiger charge is 2.02. The smallest absolute Gasteiger partial charge is 0.0346 e. The number of pyridine rings is 1. The van der Waals surface area contributed by atoms with E-state index in [1.54, 1.807) is 11.3 Å². The molecule has 0 unspecified atom stereocenters. The van der Waals surface area contributed by atoms with E-state index in [2.05, 4.69) is 34.7 Å². The zero-order valence-electron chi connectivity index (χ0n) is 8.95. The SMILES string of the molecule is CNCc1cc(-c2cncc(C)c2)cs1. The van der Waals surface area contributed by atoms with E-state index in [1.807, 2.05) is 19.4 Å². The summed E-state index contributed by atoms with van der Waals surface area (Å²) in [6, 6.07) is 4.38. The van der Waals surface area contributed by atoms with Crippen LogP contribution in [-0.2, 0) is 6.54 Å². The molecule has 0 aliphatic heterocycles. The minimum Gasteiger partial charge on any atom is -0.315 e. The van der Waals surface area contributed by atoms with E-state index in [-0.39, 0.29) is 0 Å². The van der Waals surface area contributed by atoms with E-state index in [0.29, 0.717) is 0 Å². The summed E-state index contributed by atoms with van der Waals surface area (Å²) in [4.78, 5) is 5.56. The Balaban J connectivity index is 2.29. The molecule has 0 bridgehead atoms. The molecule has 0 aromatic carbocycles. The van der Waals surface area contributed by atoms with Gasteiger partial charge in [0, 0.05) is 29.4 Å². The Morgan fingerprint density at radius 2 is 2.13 bits per heavy atom. The fourth-order valence-corrected chi connectivity index (χ4v) is 2.42. The predicted octanol–water partition coefficient (Wildman–Crippen LogP) is 2.84. The van der Waals surface area contributed by atoms with Crippen molar-refractivity contribution in [3.63, 3.8) is 0 Å². The predicted molar refractivity (Wildman–Crippen MR) is 65.1 cm³/mol. The van der Waals surface area contributed by atoms with E-state index in [9.17, 15) is 0 Å². The van der Waals surface area contributed by atoms with Crippen LogP contribution in [0.15, 0.2) is 29.9 Å². The third-order valence-electron chi connectivity index (χ3n) is 2.21. The van der Waals surface area contributed by atoms with Gasteiger partial charge in [0.1, 0.15) is 0 Å². The van der Waals surface area contributed by atoms with Gasteiger partial charge in [-0.05, 0) is 42.6 Å². The summed E-state index contributed by atoms with van der Waals surface area (Å²) in [6.45, 7) is 3.00. The van der Waals surface area contributed by atoms with Gasteiger partial charge in [0.25, 0.3) is 0 Å². The molecule has 0 spiro atoms. The largest absolute Gasteiger partial charge is 0.315 e. The van der Waals surface area contributed by atoms with Crippen LogP contribution >= 0.6 is 11.3 Å². The maximum absolute atomic E-state index is 4.20. The molecule has 0 aliphatic rings. The van der Waals surface area contributed by atoms with E-state index in [4.69, 9.17) is 0 Å². The number of thiophene rings is 1. The lowest BCUT2D eigenvalue weighted by atomic mass is 10.1. The molecular weight excluding hydrogens is 204 g/mol. The Labute approximate surface area is 94.0 Å². The highest BCUT2D eigenvalue weighted by atomic mass is 32.1. The molecule has 2 rings (SSSR count). The summed E-state index contributed by atoms with van der Waals surface area (Å²) in [6.07, 6.45) is 3.79. The molecule has 0 saturated heterocycles. The minimum atomic E-state index is 0.934. The second-order valence-electron chi connectivity index (χ2n) is 3.58. The molecule has 0 atom stereocenters. The summed E-state index contributed by atoms with van der Waals surface area (Å²) in [5.74, 6) is 0. The van der Waals surface area contributed by atoms with Crippen molar-refractivity contribution in [3.8, 4) is 11.1 Å². The first-order valence-electron chi connectivity index (χ1n) is 4.93. The van der Waals surface area contributed by atoms with Crippen molar-refractivity contribution in [3.05, 3.63) is 40.3 Å². The third-order valence-corrected chi connectivity index (χ3v) is 3.15. The summed E-state index contributed by atoms with van der Waals surface area (Å²) in [5, 5.41) is 5.34. The van der Waals surface area contributed by atoms with Crippen LogP contribution in [0.4, 0.5) is 0 Å². The highest BCUT2D eigenvalue weighted by molar-refractivity contribution is 7.10. The van der Waals surface area contributed by atoms with Gasteiger partial charge in [0.15, 0.2) is 0 Å². The fourth-order valence-electron chi connectivity index (χ4n) is 1.51. The van der Waals surface area contributed by atoms with Crippen molar-refractivity contribution in [1.82, 2.24) is 10.3 Å². The van der Waals surface area contributed by atoms with Gasteiger partial charge in [-0.3, -0.25) is 4.98 Å². The average molecular weight is 218 g/mol. The number of hydrogen-bond donors (Lipinski definition) is 1. The van der Waals surface area contributed by atoms with Gasteiger partial charge in [-0.2, -0.15) is 0 Å². The lowest BCUT2D eigenvalue weighted by Gasteiger charge is -1.98. The molecule has 3 heteroatoms. The van der Waals surface area contributed by atoms with Gasteiger partial charge >= 0.3 is 0 Å². The first-order chi connectivity index (χ1) is 7.29. The number of aryl methyl sites for hydroxylation is 1. The summed E-state index contributed by atoms with van der Waals surface area (Å²) >= 11 is 1.78. The Morgan fingerprint density at radius 3 is 2.87 bits per heavy atom. The zero-order valence-corrected chi connectivity index (χ0v) is 9.77. The van der Waals surface area contributed by atoms with Crippen LogP contribution in [0.3, 0.4) is 0 Å². The minimum absolute atomic E-state index is 0.934. The zero-order chi connectivity index (χ0) is 10.7. The number of rotatable bonds is 3. The molecule has 0 saturated carbocycles. The first-order valence-corrected chi connectivity index (χ1v) is 5.81. The number of nitrogens with one attached hydrogen (secondary N) is 1. The van der Waals surface area contributed by atoms with Crippen molar-refractivity contribution in [2.24, 2.45) is 0 Å². The van der Waals surface area contributed by atoms with Crippen molar-refractivity contribution in [2.75, 3.05) is 7.05 Å². The van der Waals surface area contributed by atoms with Crippen LogP contribution in [0.5, 0.6) is 0 Å². The van der Waals surface area contributed by atoms with Crippen LogP contribution in [0, 0.1) is 6.92 Å². The molecule has 2 heterocycles. The molecule has 1 N–H and O–H groups in total. The normalized spacial score (nSPS) is 10.5. The number of aromatic nitrogens is 1. The molecule has 2 nitrogen and oxygen atoms in total. The average Bonchev–Trinajstić information content (AvgIpc) is 2.67. The summed E-state index contributed by atoms with van der Waals surface area (Å²) in [5.41, 5.74) is 3.67. The lowest BCUT2D eigenvalue weighted by molar-refractivity contribution is 0.831. The van der Waals surface area contributed by atoms with Crippen LogP contribution in [0.2, 0.25) is 0 Å². The topological polar surface area (TPSA) is 24.9 Å². The van der Waals surface area contributed by atoms with Crippen molar-refractivity contribution in [2.45, 2.75) is 13.5 Å². The van der Waals surface area contributed by atoms with Crippen LogP contribution < -0.4 is 5.32 Å². The first kappa shape index (κ1) is 10.3. The van der Waals surface area contributed by atoms with Crippen molar-refractivity contribution < 1.29 is 0 Å². The number of hydrogen-bond acceptors (Lipinski definition) is 3. The van der Waals surface area contributed by atoms with E-state index < -0.39 is 0 Å². The lowest BCUT2D eigenvalue weighted by Crippen LogP contribution is -2.02. The van der Waals surface area contributed by atoms with E-state index >= 15 is 0 Å². The van der Waals surface area contributed by atoms with Gasteiger partial charge in [0.05, 0.1) is 0 Å². The third kappa shape index (κ3) is 2.43. The molecular formula is C12H14N2S. The maximum Gasteiger partial charge on any atom is 0.0346 e. The monoisotopic (exact) mass is 218 g/mol. The van der Waals surface area contributed by atoms with Gasteiger partial charge < -0.3 is 5.32 Å². The van der Waals surface area contributed by atoms with E-state index in [1.165, 1.54) is 21.6 Å². The molecule has 2 aromatic rings. The standard InChI is InChI=1S/C12H14N2S/c1-9-3-10(6-14-5-9)11-4-12(7-13-2)15-8-11/h3-6,8,13H,7H2,1-2H3. The maximum atomic E-state index is 4.20. The molecule has 0 amide bonds. The van der Waals surface area contributed by atoms with Gasteiger partial charge in [-0.1, -0.05) is 0 Å². The molecule has 0 fully saturated rings. The summed E-state index contributed by atoms with van der Waals surface area (Å²) in [7, 11) is 1.97. The Morgan fingerprint density at radius 1 is 1.27 bits per heavy atom. The summed E-state index contributed by atoms with van der Waals surface area (Å²) < 4.78 is 0. The van der Waals surface area contributed by atoms with Crippen molar-refractivity contribution in [1.29, 1.82) is 0 Å². The molecule has 0 aliphatic carbocycles. The van der Waals surface area contributed by atoms with Crippen molar-refractivity contribution >= 4 is 11.3 Å². The van der Waals surface area contributed by atoms with Crippen LogP contribution in [0.25, 0.3) is 11.1 Å². The molecule has 0 radical (unpaired) electrons. The Hall–Kier alpha value is -1.19. The Kier molecular flexibility index (Phi) is 3.14. The second-order valence-corrected chi connectivity index (χ2v) is 4.58.